The summed E-state index contributed by atoms with van der Waals surface area (Å²) in [5, 5.41) is 5.04. The van der Waals surface area contributed by atoms with Gasteiger partial charge in [0.2, 0.25) is 0 Å². The van der Waals surface area contributed by atoms with Crippen LogP contribution in [0.15, 0.2) is 146 Å². The second kappa shape index (κ2) is 9.42. The highest BCUT2D eigenvalue weighted by atomic mass is 14.9. The van der Waals surface area contributed by atoms with Gasteiger partial charge in [0.25, 0.3) is 0 Å². The summed E-state index contributed by atoms with van der Waals surface area (Å²) in [6, 6.07) is 50.9. The fourth-order valence-electron chi connectivity index (χ4n) is 5.21. The van der Waals surface area contributed by atoms with Crippen molar-refractivity contribution in [2.75, 3.05) is 0 Å². The number of fused-ring (bicyclic) bond motifs is 3. The van der Waals surface area contributed by atoms with E-state index in [1.807, 2.05) is 36.4 Å². The number of hydrogen-bond donors (Lipinski definition) is 0. The lowest BCUT2D eigenvalue weighted by Gasteiger charge is -2.13. The first kappa shape index (κ1) is 22.1. The van der Waals surface area contributed by atoms with Crippen LogP contribution in [0, 0.1) is 0 Å². The fraction of sp³-hybridized carbons (Fsp3) is 0. The Morgan fingerprint density at radius 3 is 1.66 bits per heavy atom. The van der Waals surface area contributed by atoms with Gasteiger partial charge in [-0.2, -0.15) is 0 Å². The fourth-order valence-corrected chi connectivity index (χ4v) is 5.21. The zero-order valence-corrected chi connectivity index (χ0v) is 20.8. The van der Waals surface area contributed by atoms with Gasteiger partial charge in [-0.3, -0.25) is 0 Å². The van der Waals surface area contributed by atoms with Gasteiger partial charge in [-0.1, -0.05) is 127 Å². The summed E-state index contributed by atoms with van der Waals surface area (Å²) < 4.78 is 0. The predicted molar refractivity (Wildman–Crippen MR) is 159 cm³/mol. The van der Waals surface area contributed by atoms with Crippen LogP contribution in [0.2, 0.25) is 0 Å². The lowest BCUT2D eigenvalue weighted by molar-refractivity contribution is 1.18. The van der Waals surface area contributed by atoms with Crippen LogP contribution >= 0.6 is 0 Å². The molecule has 0 radical (unpaired) electrons. The quantitative estimate of drug-likeness (QED) is 0.233. The predicted octanol–water partition coefficient (Wildman–Crippen LogP) is 9.45. The molecule has 0 saturated heterocycles. The molecule has 38 heavy (non-hydrogen) atoms. The van der Waals surface area contributed by atoms with E-state index in [1.165, 1.54) is 32.7 Å². The molecule has 1 aromatic heterocycles. The summed E-state index contributed by atoms with van der Waals surface area (Å²) in [4.78, 5) is 9.98. The first-order valence-electron chi connectivity index (χ1n) is 12.8. The highest BCUT2D eigenvalue weighted by Crippen LogP contribution is 2.36. The Labute approximate surface area is 221 Å². The van der Waals surface area contributed by atoms with Gasteiger partial charge in [0.05, 0.1) is 11.4 Å². The van der Waals surface area contributed by atoms with E-state index in [-0.39, 0.29) is 0 Å². The number of benzene rings is 6. The van der Waals surface area contributed by atoms with Crippen molar-refractivity contribution in [3.05, 3.63) is 146 Å². The Kier molecular flexibility index (Phi) is 5.49. The molecule has 0 unspecified atom stereocenters. The normalized spacial score (nSPS) is 11.2. The largest absolute Gasteiger partial charge is 0.228 e. The maximum atomic E-state index is 5.04. The monoisotopic (exact) mass is 484 g/mol. The molecule has 0 atom stereocenters. The lowest BCUT2D eigenvalue weighted by atomic mass is 9.92. The molecule has 0 fully saturated rings. The van der Waals surface area contributed by atoms with Crippen LogP contribution in [0.3, 0.4) is 0 Å². The Balaban J connectivity index is 1.42. The van der Waals surface area contributed by atoms with Crippen molar-refractivity contribution in [3.8, 4) is 45.0 Å². The molecule has 6 aromatic carbocycles. The Morgan fingerprint density at radius 2 is 0.895 bits per heavy atom. The van der Waals surface area contributed by atoms with Gasteiger partial charge in [0.15, 0.2) is 5.82 Å². The molecule has 7 rings (SSSR count). The van der Waals surface area contributed by atoms with Crippen molar-refractivity contribution in [2.24, 2.45) is 0 Å². The second-order valence-electron chi connectivity index (χ2n) is 9.47. The van der Waals surface area contributed by atoms with Gasteiger partial charge in [-0.05, 0) is 50.9 Å². The maximum Gasteiger partial charge on any atom is 0.160 e. The number of aromatic nitrogens is 2. The molecule has 1 heterocycles. The standard InChI is InChI=1S/C36H24N2/c1-3-12-25(13-4-1)34-24-35(38-36(37-34)26-14-5-2-6-15-26)29-18-11-17-27(22-29)33-23-28-16-7-8-19-30(28)31-20-9-10-21-32(31)33/h1-24H. The van der Waals surface area contributed by atoms with Crippen molar-refractivity contribution in [2.45, 2.75) is 0 Å². The van der Waals surface area contributed by atoms with Gasteiger partial charge < -0.3 is 0 Å². The molecule has 0 N–H and O–H groups in total. The highest BCUT2D eigenvalue weighted by molar-refractivity contribution is 6.13. The van der Waals surface area contributed by atoms with Crippen molar-refractivity contribution in [1.29, 1.82) is 0 Å². The zero-order valence-electron chi connectivity index (χ0n) is 20.8. The third-order valence-corrected chi connectivity index (χ3v) is 7.07. The molecule has 0 aliphatic rings. The molecule has 0 bridgehead atoms. The molecule has 0 aliphatic carbocycles. The van der Waals surface area contributed by atoms with Crippen LogP contribution in [-0.4, -0.2) is 9.97 Å². The smallest absolute Gasteiger partial charge is 0.160 e. The summed E-state index contributed by atoms with van der Waals surface area (Å²) in [6.45, 7) is 0. The lowest BCUT2D eigenvalue weighted by Crippen LogP contribution is -1.96. The van der Waals surface area contributed by atoms with E-state index in [1.54, 1.807) is 0 Å². The molecule has 0 spiro atoms. The van der Waals surface area contributed by atoms with E-state index >= 15 is 0 Å². The third-order valence-electron chi connectivity index (χ3n) is 7.07. The van der Waals surface area contributed by atoms with Crippen molar-refractivity contribution >= 4 is 21.5 Å². The van der Waals surface area contributed by atoms with Gasteiger partial charge in [0, 0.05) is 16.7 Å². The van der Waals surface area contributed by atoms with Crippen LogP contribution in [-0.2, 0) is 0 Å². The summed E-state index contributed by atoms with van der Waals surface area (Å²) in [7, 11) is 0. The van der Waals surface area contributed by atoms with E-state index in [4.69, 9.17) is 9.97 Å². The van der Waals surface area contributed by atoms with Crippen LogP contribution in [0.5, 0.6) is 0 Å². The molecule has 0 amide bonds. The Hall–Kier alpha value is -5.08. The van der Waals surface area contributed by atoms with E-state index in [0.29, 0.717) is 0 Å². The molecule has 2 heteroatoms. The van der Waals surface area contributed by atoms with E-state index in [2.05, 4.69) is 109 Å². The molecular formula is C36H24N2. The minimum absolute atomic E-state index is 0.725. The van der Waals surface area contributed by atoms with E-state index in [0.717, 1.165) is 33.9 Å². The minimum Gasteiger partial charge on any atom is -0.228 e. The molecule has 2 nitrogen and oxygen atoms in total. The Bertz CT molecular complexity index is 1850. The molecule has 0 aliphatic heterocycles. The molecule has 7 aromatic rings. The number of hydrogen-bond acceptors (Lipinski definition) is 2. The highest BCUT2D eigenvalue weighted by Gasteiger charge is 2.13. The van der Waals surface area contributed by atoms with Gasteiger partial charge in [0.1, 0.15) is 0 Å². The van der Waals surface area contributed by atoms with Gasteiger partial charge in [-0.25, -0.2) is 9.97 Å². The summed E-state index contributed by atoms with van der Waals surface area (Å²) in [5.41, 5.74) is 7.36. The van der Waals surface area contributed by atoms with Crippen molar-refractivity contribution < 1.29 is 0 Å². The van der Waals surface area contributed by atoms with E-state index < -0.39 is 0 Å². The zero-order chi connectivity index (χ0) is 25.3. The van der Waals surface area contributed by atoms with E-state index in [9.17, 15) is 0 Å². The summed E-state index contributed by atoms with van der Waals surface area (Å²) in [6.07, 6.45) is 0. The average molecular weight is 485 g/mol. The van der Waals surface area contributed by atoms with Crippen molar-refractivity contribution in [1.82, 2.24) is 9.97 Å². The molecular weight excluding hydrogens is 460 g/mol. The van der Waals surface area contributed by atoms with Gasteiger partial charge in [-0.15, -0.1) is 0 Å². The second-order valence-corrected chi connectivity index (χ2v) is 9.47. The SMILES string of the molecule is c1ccc(-c2cc(-c3cccc(-c4cc5ccccc5c5ccccc45)c3)nc(-c3ccccc3)n2)cc1. The number of rotatable bonds is 4. The van der Waals surface area contributed by atoms with Crippen molar-refractivity contribution in [3.63, 3.8) is 0 Å². The van der Waals surface area contributed by atoms with Crippen LogP contribution in [0.25, 0.3) is 66.6 Å². The topological polar surface area (TPSA) is 25.8 Å². The summed E-state index contributed by atoms with van der Waals surface area (Å²) in [5.74, 6) is 0.725. The first-order valence-corrected chi connectivity index (χ1v) is 12.8. The summed E-state index contributed by atoms with van der Waals surface area (Å²) >= 11 is 0. The maximum absolute atomic E-state index is 5.04. The minimum atomic E-state index is 0.725. The number of nitrogens with zero attached hydrogens (tertiary/aromatic N) is 2. The van der Waals surface area contributed by atoms with Crippen LogP contribution in [0.1, 0.15) is 0 Å². The van der Waals surface area contributed by atoms with Crippen LogP contribution < -0.4 is 0 Å². The first-order chi connectivity index (χ1) is 18.8. The molecule has 0 saturated carbocycles. The third kappa shape index (κ3) is 4.03. The Morgan fingerprint density at radius 1 is 0.342 bits per heavy atom. The van der Waals surface area contributed by atoms with Crippen LogP contribution in [0.4, 0.5) is 0 Å². The average Bonchev–Trinajstić information content (AvgIpc) is 3.01. The van der Waals surface area contributed by atoms with Gasteiger partial charge >= 0.3 is 0 Å². The molecule has 178 valence electrons.